The molecule has 5 nitrogen and oxygen atoms in total. The first-order valence-corrected chi connectivity index (χ1v) is 8.36. The zero-order valence-corrected chi connectivity index (χ0v) is 14.3. The van der Waals surface area contributed by atoms with Crippen LogP contribution >= 0.6 is 0 Å². The maximum atomic E-state index is 13.7. The van der Waals surface area contributed by atoms with Crippen LogP contribution in [0.5, 0.6) is 0 Å². The molecule has 2 aliphatic heterocycles. The topological polar surface area (TPSA) is 43.2 Å². The number of halogens is 1. The van der Waals surface area contributed by atoms with Gasteiger partial charge < -0.3 is 10.2 Å². The quantitative estimate of drug-likeness (QED) is 0.685. The van der Waals surface area contributed by atoms with Gasteiger partial charge in [0.25, 0.3) is 0 Å². The van der Waals surface area contributed by atoms with Gasteiger partial charge in [-0.15, -0.1) is 6.58 Å². The predicted molar refractivity (Wildman–Crippen MR) is 96.1 cm³/mol. The van der Waals surface area contributed by atoms with Crippen molar-refractivity contribution in [2.45, 2.75) is 26.3 Å². The fourth-order valence-corrected chi connectivity index (χ4v) is 3.12. The molecule has 1 unspecified atom stereocenters. The Bertz CT molecular complexity index is 672. The number of guanidine groups is 1. The van der Waals surface area contributed by atoms with Gasteiger partial charge >= 0.3 is 0 Å². The zero-order chi connectivity index (χ0) is 17.1. The maximum Gasteiger partial charge on any atom is 0.223 e. The number of hydrazone groups is 1. The van der Waals surface area contributed by atoms with Gasteiger partial charge in [0.15, 0.2) is 0 Å². The van der Waals surface area contributed by atoms with Gasteiger partial charge in [-0.1, -0.05) is 12.1 Å². The van der Waals surface area contributed by atoms with Crippen LogP contribution in [-0.2, 0) is 0 Å². The van der Waals surface area contributed by atoms with Crippen LogP contribution in [0.25, 0.3) is 0 Å². The van der Waals surface area contributed by atoms with Crippen molar-refractivity contribution in [3.05, 3.63) is 42.2 Å². The molecule has 1 atom stereocenters. The van der Waals surface area contributed by atoms with Gasteiger partial charge in [-0.3, -0.25) is 0 Å². The van der Waals surface area contributed by atoms with Gasteiger partial charge in [-0.2, -0.15) is 5.10 Å². The van der Waals surface area contributed by atoms with Crippen LogP contribution in [-0.4, -0.2) is 47.8 Å². The lowest BCUT2D eigenvalue weighted by molar-refractivity contribution is 0.248. The second-order valence-corrected chi connectivity index (χ2v) is 6.28. The molecule has 0 aromatic heterocycles. The van der Waals surface area contributed by atoms with Crippen LogP contribution in [0.1, 0.15) is 31.9 Å². The molecular weight excluding hydrogens is 305 g/mol. The minimum atomic E-state index is -0.266. The third-order valence-electron chi connectivity index (χ3n) is 4.17. The summed E-state index contributed by atoms with van der Waals surface area (Å²) in [5, 5.41) is 10.1. The van der Waals surface area contributed by atoms with Crippen molar-refractivity contribution in [3.63, 3.8) is 0 Å². The van der Waals surface area contributed by atoms with Gasteiger partial charge in [0.1, 0.15) is 5.82 Å². The largest absolute Gasteiger partial charge is 0.338 e. The molecule has 1 N–H and O–H groups in total. The molecule has 0 radical (unpaired) electrons. The van der Waals surface area contributed by atoms with Crippen LogP contribution in [0, 0.1) is 5.82 Å². The van der Waals surface area contributed by atoms with E-state index in [9.17, 15) is 4.39 Å². The summed E-state index contributed by atoms with van der Waals surface area (Å²) in [4.78, 5) is 6.97. The van der Waals surface area contributed by atoms with E-state index in [-0.39, 0.29) is 11.9 Å². The fraction of sp³-hybridized carbons (Fsp3) is 0.444. The standard InChI is InChI=1S/C18H24FN5/c1-4-5-17-15-7-6-14(19)12-16(15)21-18(24(17)22-13(2)3)23-10-8-20-9-11-23/h4,6-7,12,17,20H,1,5,8-11H2,2-3H3. The molecule has 2 heterocycles. The van der Waals surface area contributed by atoms with Gasteiger partial charge in [0.2, 0.25) is 5.96 Å². The SMILES string of the molecule is C=CCC1c2ccc(F)cc2N=C(N2CCNCC2)N1N=C(C)C. The zero-order valence-electron chi connectivity index (χ0n) is 14.3. The van der Waals surface area contributed by atoms with E-state index < -0.39 is 0 Å². The highest BCUT2D eigenvalue weighted by molar-refractivity contribution is 5.88. The highest BCUT2D eigenvalue weighted by Crippen LogP contribution is 2.38. The number of benzene rings is 1. The van der Waals surface area contributed by atoms with E-state index in [1.54, 1.807) is 0 Å². The lowest BCUT2D eigenvalue weighted by Gasteiger charge is -2.40. The molecule has 1 saturated heterocycles. The lowest BCUT2D eigenvalue weighted by Crippen LogP contribution is -2.52. The third-order valence-corrected chi connectivity index (χ3v) is 4.17. The van der Waals surface area contributed by atoms with Crippen molar-refractivity contribution in [1.29, 1.82) is 0 Å². The Morgan fingerprint density at radius 3 is 2.83 bits per heavy atom. The summed E-state index contributed by atoms with van der Waals surface area (Å²) < 4.78 is 13.7. The normalized spacial score (nSPS) is 20.3. The van der Waals surface area contributed by atoms with E-state index >= 15 is 0 Å². The number of fused-ring (bicyclic) bond motifs is 1. The molecule has 3 rings (SSSR count). The Morgan fingerprint density at radius 2 is 2.17 bits per heavy atom. The second kappa shape index (κ2) is 7.13. The summed E-state index contributed by atoms with van der Waals surface area (Å²) in [6, 6.07) is 4.79. The summed E-state index contributed by atoms with van der Waals surface area (Å²) >= 11 is 0. The van der Waals surface area contributed by atoms with E-state index in [1.165, 1.54) is 12.1 Å². The molecule has 6 heteroatoms. The number of aliphatic imine (C=N–C) groups is 1. The fourth-order valence-electron chi connectivity index (χ4n) is 3.12. The average molecular weight is 329 g/mol. The summed E-state index contributed by atoms with van der Waals surface area (Å²) in [6.07, 6.45) is 2.60. The number of hydrogen-bond acceptors (Lipinski definition) is 5. The first-order chi connectivity index (χ1) is 11.6. The lowest BCUT2D eigenvalue weighted by atomic mass is 9.99. The van der Waals surface area contributed by atoms with Gasteiger partial charge in [0.05, 0.1) is 11.7 Å². The van der Waals surface area contributed by atoms with Crippen LogP contribution in [0.3, 0.4) is 0 Å². The number of nitrogens with zero attached hydrogens (tertiary/aromatic N) is 4. The van der Waals surface area contributed by atoms with Crippen molar-refractivity contribution < 1.29 is 4.39 Å². The number of nitrogens with one attached hydrogen (secondary N) is 1. The maximum absolute atomic E-state index is 13.7. The second-order valence-electron chi connectivity index (χ2n) is 6.28. The molecule has 2 aliphatic rings. The van der Waals surface area contributed by atoms with E-state index in [0.29, 0.717) is 5.69 Å². The Morgan fingerprint density at radius 1 is 1.42 bits per heavy atom. The summed E-state index contributed by atoms with van der Waals surface area (Å²) in [7, 11) is 0. The Hall–Kier alpha value is -2.21. The van der Waals surface area contributed by atoms with Gasteiger partial charge in [-0.25, -0.2) is 14.4 Å². The third kappa shape index (κ3) is 3.33. The molecular formula is C18H24FN5. The number of hydrogen-bond donors (Lipinski definition) is 1. The molecule has 0 saturated carbocycles. The molecule has 0 bridgehead atoms. The Kier molecular flexibility index (Phi) is 4.94. The monoisotopic (exact) mass is 329 g/mol. The molecule has 1 aromatic rings. The van der Waals surface area contributed by atoms with E-state index in [4.69, 9.17) is 10.1 Å². The molecule has 1 aromatic carbocycles. The van der Waals surface area contributed by atoms with Crippen LogP contribution < -0.4 is 5.32 Å². The number of piperazine rings is 1. The predicted octanol–water partition coefficient (Wildman–Crippen LogP) is 3.05. The summed E-state index contributed by atoms with van der Waals surface area (Å²) in [5.74, 6) is 0.529. The minimum absolute atomic E-state index is 0.0182. The molecule has 24 heavy (non-hydrogen) atoms. The van der Waals surface area contributed by atoms with Gasteiger partial charge in [-0.05, 0) is 32.4 Å². The minimum Gasteiger partial charge on any atom is -0.338 e. The first kappa shape index (κ1) is 16.6. The van der Waals surface area contributed by atoms with E-state index in [2.05, 4.69) is 16.8 Å². The molecule has 128 valence electrons. The van der Waals surface area contributed by atoms with E-state index in [1.807, 2.05) is 31.0 Å². The Labute approximate surface area is 142 Å². The highest BCUT2D eigenvalue weighted by atomic mass is 19.1. The first-order valence-electron chi connectivity index (χ1n) is 8.36. The van der Waals surface area contributed by atoms with Crippen molar-refractivity contribution in [1.82, 2.24) is 15.2 Å². The molecule has 0 amide bonds. The molecule has 0 aliphatic carbocycles. The van der Waals surface area contributed by atoms with Gasteiger partial charge in [0, 0.05) is 37.5 Å². The van der Waals surface area contributed by atoms with Crippen LogP contribution in [0.4, 0.5) is 10.1 Å². The van der Waals surface area contributed by atoms with Crippen molar-refractivity contribution >= 4 is 17.4 Å². The summed E-state index contributed by atoms with van der Waals surface area (Å²) in [6.45, 7) is 11.4. The van der Waals surface area contributed by atoms with Crippen molar-refractivity contribution in [2.24, 2.45) is 10.1 Å². The molecule has 0 spiro atoms. The average Bonchev–Trinajstić information content (AvgIpc) is 2.57. The van der Waals surface area contributed by atoms with Crippen molar-refractivity contribution in [2.75, 3.05) is 26.2 Å². The Balaban J connectivity index is 2.10. The summed E-state index contributed by atoms with van der Waals surface area (Å²) in [5.41, 5.74) is 2.63. The highest BCUT2D eigenvalue weighted by Gasteiger charge is 2.33. The molecule has 1 fully saturated rings. The smallest absolute Gasteiger partial charge is 0.223 e. The number of rotatable bonds is 3. The van der Waals surface area contributed by atoms with Crippen LogP contribution in [0.15, 0.2) is 40.9 Å². The van der Waals surface area contributed by atoms with Crippen LogP contribution in [0.2, 0.25) is 0 Å². The van der Waals surface area contributed by atoms with Crippen molar-refractivity contribution in [3.8, 4) is 0 Å². The van der Waals surface area contributed by atoms with E-state index in [0.717, 1.165) is 49.8 Å².